The van der Waals surface area contributed by atoms with Gasteiger partial charge in [-0.05, 0) is 246 Å². The molecule has 0 saturated heterocycles. The Bertz CT molecular complexity index is 8260. The maximum absolute atomic E-state index is 15.4. The van der Waals surface area contributed by atoms with Gasteiger partial charge in [0.1, 0.15) is 0 Å². The summed E-state index contributed by atoms with van der Waals surface area (Å²) in [7, 11) is 0. The molecule has 0 saturated carbocycles. The zero-order valence-corrected chi connectivity index (χ0v) is 76.6. The molecule has 0 radical (unpaired) electrons. The molecule has 0 fully saturated rings. The molecule has 6 aliphatic heterocycles. The van der Waals surface area contributed by atoms with E-state index in [2.05, 4.69) is 0 Å². The SMILES string of the molecule is CCC(COCC(C)N1C(=O)c2ccc3c4ccc5c6c(ccc(c7ccc(c2c37)C1=O)c64)C(=O)N(Cc1cccc2ccccc12)C5=O)(COCC(C)N1C(=O)c2ccc3c4ccc5c6c(ccc(c7ccc(c2c37)C1=O)c64)C(=O)N(Cc1cccc2ccccc12)C5=O)COCC(C)N1C(=O)c2ccc3c4ccc5c6c(ccc(c7ccc(c2c37)C1=O)c64)C(=O)N(Cc1cccc2ccccc12)C5=O. The summed E-state index contributed by atoms with van der Waals surface area (Å²) in [5.41, 5.74) is 5.65. The molecule has 6 heterocycles. The highest BCUT2D eigenvalue weighted by Gasteiger charge is 2.46. The summed E-state index contributed by atoms with van der Waals surface area (Å²) in [4.78, 5) is 188. The zero-order chi connectivity index (χ0) is 95.6. The van der Waals surface area contributed by atoms with Crippen LogP contribution in [0.25, 0.3) is 162 Å². The molecule has 21 heteroatoms. The van der Waals surface area contributed by atoms with Gasteiger partial charge in [-0.3, -0.25) is 86.9 Å². The third-order valence-corrected chi connectivity index (χ3v) is 31.3. The molecule has 0 spiro atoms. The average Bonchev–Trinajstić information content (AvgIpc) is 0.694. The highest BCUT2D eigenvalue weighted by Crippen LogP contribution is 2.53. The minimum Gasteiger partial charge on any atom is -0.379 e. The lowest BCUT2D eigenvalue weighted by atomic mass is 9.82. The smallest absolute Gasteiger partial charge is 0.261 e. The Labute approximate surface area is 802 Å². The Morgan fingerprint density at radius 3 is 0.574 bits per heavy atom. The van der Waals surface area contributed by atoms with Crippen molar-refractivity contribution in [1.82, 2.24) is 29.4 Å². The number of hydrogen-bond acceptors (Lipinski definition) is 15. The summed E-state index contributed by atoms with van der Waals surface area (Å²) in [6, 6.07) is 82.2. The summed E-state index contributed by atoms with van der Waals surface area (Å²) < 4.78 is 20.3. The van der Waals surface area contributed by atoms with E-state index in [-0.39, 0.29) is 59.3 Å². The second-order valence-corrected chi connectivity index (χ2v) is 38.8. The van der Waals surface area contributed by atoms with Crippen molar-refractivity contribution in [2.24, 2.45) is 5.41 Å². The Kier molecular flexibility index (Phi) is 18.0. The van der Waals surface area contributed by atoms with Gasteiger partial charge in [0.05, 0.1) is 77.4 Å². The van der Waals surface area contributed by atoms with Crippen molar-refractivity contribution in [3.05, 3.63) is 356 Å². The number of hydrogen-bond donors (Lipinski definition) is 0. The summed E-state index contributed by atoms with van der Waals surface area (Å²) in [6.45, 7) is 6.65. The van der Waals surface area contributed by atoms with E-state index < -0.39 is 94.4 Å². The van der Waals surface area contributed by atoms with Crippen molar-refractivity contribution in [3.8, 4) is 0 Å². The van der Waals surface area contributed by atoms with E-state index in [9.17, 15) is 28.8 Å². The summed E-state index contributed by atoms with van der Waals surface area (Å²) in [5, 5.41) is 22.2. The fraction of sp³-hybridized carbons (Fsp3) is 0.150. The van der Waals surface area contributed by atoms with Crippen molar-refractivity contribution in [1.29, 1.82) is 0 Å². The van der Waals surface area contributed by atoms with Crippen LogP contribution in [-0.4, -0.2) is 158 Å². The molecule has 21 nitrogen and oxygen atoms in total. The molecule has 0 bridgehead atoms. The van der Waals surface area contributed by atoms with Crippen molar-refractivity contribution in [2.75, 3.05) is 39.6 Å². The van der Waals surface area contributed by atoms with Crippen LogP contribution in [0.2, 0.25) is 0 Å². The fourth-order valence-corrected chi connectivity index (χ4v) is 24.4. The Hall–Kier alpha value is -17.0. The molecule has 3 unspecified atom stereocenters. The molecule has 3 atom stereocenters. The van der Waals surface area contributed by atoms with Crippen molar-refractivity contribution < 1.29 is 71.7 Å². The van der Waals surface area contributed by atoms with E-state index in [1.165, 1.54) is 29.4 Å². The van der Waals surface area contributed by atoms with Crippen molar-refractivity contribution in [3.63, 3.8) is 0 Å². The molecule has 0 N–H and O–H groups in total. The Balaban J connectivity index is 0.471. The number of nitrogens with zero attached hydrogens (tertiary/aromatic N) is 6. The fourth-order valence-electron chi connectivity index (χ4n) is 24.4. The maximum atomic E-state index is 15.4. The van der Waals surface area contributed by atoms with E-state index in [0.29, 0.717) is 122 Å². The summed E-state index contributed by atoms with van der Waals surface area (Å²) >= 11 is 0. The average molecular weight is 1850 g/mol. The van der Waals surface area contributed by atoms with Crippen LogP contribution in [-0.2, 0) is 33.8 Å². The number of ether oxygens (including phenoxy) is 3. The van der Waals surface area contributed by atoms with Crippen LogP contribution in [0, 0.1) is 5.41 Å². The predicted octanol–water partition coefficient (Wildman–Crippen LogP) is 22.5. The number of rotatable bonds is 22. The number of fused-ring (bicyclic) bond motifs is 9. The Morgan fingerprint density at radius 2 is 0.383 bits per heavy atom. The molecule has 27 rings (SSSR count). The van der Waals surface area contributed by atoms with Crippen LogP contribution in [0.3, 0.4) is 0 Å². The summed E-state index contributed by atoms with van der Waals surface area (Å²) in [5.74, 6) is -5.66. The molecule has 12 amide bonds. The monoisotopic (exact) mass is 1840 g/mol. The largest absolute Gasteiger partial charge is 0.379 e. The van der Waals surface area contributed by atoms with Gasteiger partial charge in [-0.25, -0.2) is 0 Å². The first kappa shape index (κ1) is 83.4. The van der Waals surface area contributed by atoms with Crippen LogP contribution in [0.5, 0.6) is 0 Å². The van der Waals surface area contributed by atoms with Crippen molar-refractivity contribution >= 4 is 232 Å². The number of benzene rings is 21. The van der Waals surface area contributed by atoms with Gasteiger partial charge in [-0.15, -0.1) is 0 Å². The molecule has 680 valence electrons. The van der Waals surface area contributed by atoms with E-state index in [0.717, 1.165) is 130 Å². The second-order valence-electron chi connectivity index (χ2n) is 38.8. The van der Waals surface area contributed by atoms with E-state index in [1.807, 2.05) is 207 Å². The minimum absolute atomic E-state index is 0.0767. The molecular formula is C120H80N6O15. The third kappa shape index (κ3) is 11.6. The van der Waals surface area contributed by atoms with Gasteiger partial charge in [0, 0.05) is 104 Å². The standard InChI is InChI=1S/C120H80N6O15/c1-5-120(57-139-54-60(2)124-114(133)90-45-33-78-72-27-39-84-102-85(40-28-73(96(72)102)79-34-46-91(115(124)134)105(90)99(78)79)109(128)121(108(84)127)51-66-21-12-18-63-15-6-9-24-69(63)66,58-140-55-61(3)125-116(135)92-47-35-80-74-29-41-86-103-87(42-30-75(97(74)103)81-36-48-93(117(125)136)106(92)100(80)81)111(130)122(110(86)129)52-67-22-13-19-64-16-7-10-25-70(64)67)59-141-56-62(4)126-118(137)94-49-37-82-76-31-43-88-104-89(44-32-77(98(76)104)83-38-50-95(119(126)138)107(94)101(82)83)113(132)123(112(88)131)53-68-23-14-20-65-17-8-11-26-71(65)68/h6-50,60-62H,5,51-59H2,1-4H3. The van der Waals surface area contributed by atoms with Crippen LogP contribution in [0.15, 0.2) is 273 Å². The van der Waals surface area contributed by atoms with E-state index in [4.69, 9.17) is 14.2 Å². The van der Waals surface area contributed by atoms with Gasteiger partial charge in [0.25, 0.3) is 70.9 Å². The molecule has 0 aliphatic carbocycles. The maximum Gasteiger partial charge on any atom is 0.261 e. The summed E-state index contributed by atoms with van der Waals surface area (Å²) in [6.07, 6.45) is 0.332. The highest BCUT2D eigenvalue weighted by molar-refractivity contribution is 6.46. The lowest BCUT2D eigenvalue weighted by Gasteiger charge is -2.37. The molecule has 0 aromatic heterocycles. The van der Waals surface area contributed by atoms with E-state index >= 15 is 28.8 Å². The highest BCUT2D eigenvalue weighted by atomic mass is 16.5. The van der Waals surface area contributed by atoms with Crippen LogP contribution in [0.1, 0.15) is 175 Å². The number of amides is 12. The third-order valence-electron chi connectivity index (χ3n) is 31.3. The first-order valence-corrected chi connectivity index (χ1v) is 47.6. The quantitative estimate of drug-likeness (QED) is 0.0347. The van der Waals surface area contributed by atoms with Crippen LogP contribution >= 0.6 is 0 Å². The van der Waals surface area contributed by atoms with Gasteiger partial charge >= 0.3 is 0 Å². The topological polar surface area (TPSA) is 252 Å². The first-order valence-electron chi connectivity index (χ1n) is 47.6. The molecule has 141 heavy (non-hydrogen) atoms. The number of imide groups is 6. The first-order chi connectivity index (χ1) is 68.7. The normalized spacial score (nSPS) is 16.1. The zero-order valence-electron chi connectivity index (χ0n) is 76.6. The lowest BCUT2D eigenvalue weighted by Crippen LogP contribution is -2.49. The lowest BCUT2D eigenvalue weighted by molar-refractivity contribution is -0.0841. The van der Waals surface area contributed by atoms with Crippen LogP contribution < -0.4 is 0 Å². The molecular weight excluding hydrogens is 1770 g/mol. The van der Waals surface area contributed by atoms with Gasteiger partial charge in [0.15, 0.2) is 0 Å². The van der Waals surface area contributed by atoms with Gasteiger partial charge in [-0.1, -0.05) is 207 Å². The Morgan fingerprint density at radius 1 is 0.206 bits per heavy atom. The second kappa shape index (κ2) is 30.5. The molecule has 21 aromatic carbocycles. The predicted molar refractivity (Wildman–Crippen MR) is 542 cm³/mol. The van der Waals surface area contributed by atoms with Crippen LogP contribution in [0.4, 0.5) is 0 Å². The minimum atomic E-state index is -1.07. The van der Waals surface area contributed by atoms with Gasteiger partial charge in [0.2, 0.25) is 0 Å². The number of carbonyl (C=O) groups excluding carboxylic acids is 12. The number of carbonyl (C=O) groups is 12. The van der Waals surface area contributed by atoms with Gasteiger partial charge in [-0.2, -0.15) is 0 Å². The molecule has 6 aliphatic rings. The van der Waals surface area contributed by atoms with E-state index in [1.54, 1.807) is 93.6 Å². The van der Waals surface area contributed by atoms with Gasteiger partial charge < -0.3 is 14.2 Å². The van der Waals surface area contributed by atoms with Crippen molar-refractivity contribution in [2.45, 2.75) is 71.9 Å². The molecule has 21 aromatic rings.